The summed E-state index contributed by atoms with van der Waals surface area (Å²) in [5.41, 5.74) is 6.62. The summed E-state index contributed by atoms with van der Waals surface area (Å²) in [4.78, 5) is 16.5. The van der Waals surface area contributed by atoms with E-state index in [9.17, 15) is 4.79 Å². The highest BCUT2D eigenvalue weighted by atomic mass is 16.2. The second-order valence-electron chi connectivity index (χ2n) is 5.11. The second-order valence-corrected chi connectivity index (χ2v) is 5.11. The zero-order chi connectivity index (χ0) is 12.4. The number of nitrogens with one attached hydrogen (secondary N) is 2. The Labute approximate surface area is 106 Å². The molecule has 0 aromatic heterocycles. The topological polar surface area (TPSA) is 69.1 Å². The summed E-state index contributed by atoms with van der Waals surface area (Å²) in [7, 11) is 0. The van der Waals surface area contributed by atoms with Crippen molar-refractivity contribution in [2.75, 3.05) is 19.6 Å². The number of aliphatic imine (C=N–C) groups is 1. The smallest absolute Gasteiger partial charge is 0.282 e. The standard InChI is InChI=1S/C12H19N5O/c18-12(16-17-6-2-1-3-7-17)11-9-8-13-5-4-10(9)14-15-11/h5,9-10,14H,1-4,6-8H2,(H,16,18). The fraction of sp³-hybridized carbons (Fsp3) is 0.750. The summed E-state index contributed by atoms with van der Waals surface area (Å²) in [6.07, 6.45) is 6.33. The molecule has 3 aliphatic rings. The summed E-state index contributed by atoms with van der Waals surface area (Å²) in [6.45, 7) is 2.56. The number of carbonyl (C=O) groups is 1. The van der Waals surface area contributed by atoms with E-state index in [4.69, 9.17) is 0 Å². The Bertz CT molecular complexity index is 386. The van der Waals surface area contributed by atoms with Gasteiger partial charge in [0.1, 0.15) is 5.71 Å². The minimum Gasteiger partial charge on any atom is -0.305 e. The summed E-state index contributed by atoms with van der Waals surface area (Å²) in [6, 6.07) is 0.254. The molecule has 98 valence electrons. The molecule has 1 saturated heterocycles. The van der Waals surface area contributed by atoms with Gasteiger partial charge in [-0.25, -0.2) is 5.01 Å². The van der Waals surface area contributed by atoms with Crippen molar-refractivity contribution in [2.24, 2.45) is 16.0 Å². The van der Waals surface area contributed by atoms with E-state index in [0.29, 0.717) is 12.3 Å². The quantitative estimate of drug-likeness (QED) is 0.719. The minimum absolute atomic E-state index is 0.0611. The average Bonchev–Trinajstić information content (AvgIpc) is 2.84. The third kappa shape index (κ3) is 2.25. The fourth-order valence-corrected chi connectivity index (χ4v) is 2.75. The van der Waals surface area contributed by atoms with Gasteiger partial charge in [0.2, 0.25) is 0 Å². The molecule has 0 aromatic carbocycles. The first-order valence-corrected chi connectivity index (χ1v) is 6.72. The van der Waals surface area contributed by atoms with Crippen LogP contribution in [0.3, 0.4) is 0 Å². The van der Waals surface area contributed by atoms with Gasteiger partial charge in [0.15, 0.2) is 0 Å². The van der Waals surface area contributed by atoms with Crippen molar-refractivity contribution in [1.82, 2.24) is 15.9 Å². The maximum Gasteiger partial charge on any atom is 0.282 e. The minimum atomic E-state index is -0.0611. The summed E-state index contributed by atoms with van der Waals surface area (Å²) >= 11 is 0. The van der Waals surface area contributed by atoms with E-state index < -0.39 is 0 Å². The van der Waals surface area contributed by atoms with Crippen molar-refractivity contribution in [2.45, 2.75) is 31.7 Å². The molecule has 1 fully saturated rings. The lowest BCUT2D eigenvalue weighted by atomic mass is 9.92. The number of carbonyl (C=O) groups excluding carboxylic acids is 1. The van der Waals surface area contributed by atoms with Gasteiger partial charge in [-0.15, -0.1) is 0 Å². The Morgan fingerprint density at radius 3 is 3.06 bits per heavy atom. The number of fused-ring (bicyclic) bond motifs is 1. The predicted molar refractivity (Wildman–Crippen MR) is 69.4 cm³/mol. The number of hydrazine groups is 1. The molecule has 3 aliphatic heterocycles. The number of amides is 1. The van der Waals surface area contributed by atoms with Gasteiger partial charge in [-0.1, -0.05) is 6.42 Å². The summed E-state index contributed by atoms with van der Waals surface area (Å²) in [5.74, 6) is 0.0776. The lowest BCUT2D eigenvalue weighted by Gasteiger charge is -2.27. The molecule has 2 N–H and O–H groups in total. The molecular formula is C12H19N5O. The number of nitrogens with zero attached hydrogens (tertiary/aromatic N) is 3. The van der Waals surface area contributed by atoms with Gasteiger partial charge in [0.05, 0.1) is 12.0 Å². The van der Waals surface area contributed by atoms with Crippen LogP contribution in [0.15, 0.2) is 10.1 Å². The molecule has 6 heteroatoms. The Morgan fingerprint density at radius 2 is 2.22 bits per heavy atom. The molecular weight excluding hydrogens is 230 g/mol. The molecule has 0 radical (unpaired) electrons. The zero-order valence-corrected chi connectivity index (χ0v) is 10.4. The van der Waals surface area contributed by atoms with Crippen LogP contribution in [0.4, 0.5) is 0 Å². The van der Waals surface area contributed by atoms with Crippen molar-refractivity contribution < 1.29 is 4.79 Å². The lowest BCUT2D eigenvalue weighted by molar-refractivity contribution is -0.120. The molecule has 0 aliphatic carbocycles. The molecule has 18 heavy (non-hydrogen) atoms. The van der Waals surface area contributed by atoms with E-state index in [1.54, 1.807) is 0 Å². The number of hydrogen-bond acceptors (Lipinski definition) is 5. The van der Waals surface area contributed by atoms with E-state index in [-0.39, 0.29) is 17.9 Å². The van der Waals surface area contributed by atoms with Gasteiger partial charge in [0.25, 0.3) is 5.91 Å². The third-order valence-electron chi connectivity index (χ3n) is 3.83. The van der Waals surface area contributed by atoms with Crippen molar-refractivity contribution >= 4 is 17.8 Å². The van der Waals surface area contributed by atoms with Gasteiger partial charge >= 0.3 is 0 Å². The zero-order valence-electron chi connectivity index (χ0n) is 10.4. The van der Waals surface area contributed by atoms with E-state index in [2.05, 4.69) is 20.9 Å². The number of hydrazone groups is 1. The maximum absolute atomic E-state index is 12.2. The van der Waals surface area contributed by atoms with Gasteiger partial charge in [-0.3, -0.25) is 15.2 Å². The van der Waals surface area contributed by atoms with Crippen LogP contribution in [0.1, 0.15) is 25.7 Å². The van der Waals surface area contributed by atoms with Crippen molar-refractivity contribution in [3.63, 3.8) is 0 Å². The van der Waals surface area contributed by atoms with Crippen molar-refractivity contribution in [1.29, 1.82) is 0 Å². The molecule has 0 bridgehead atoms. The normalized spacial score (nSPS) is 31.4. The van der Waals surface area contributed by atoms with E-state index >= 15 is 0 Å². The third-order valence-corrected chi connectivity index (χ3v) is 3.83. The summed E-state index contributed by atoms with van der Waals surface area (Å²) in [5, 5.41) is 6.20. The first-order chi connectivity index (χ1) is 8.84. The molecule has 1 amide bonds. The molecule has 3 heterocycles. The average molecular weight is 249 g/mol. The van der Waals surface area contributed by atoms with Crippen LogP contribution in [-0.4, -0.2) is 48.5 Å². The van der Waals surface area contributed by atoms with Crippen LogP contribution in [0.2, 0.25) is 0 Å². The lowest BCUT2D eigenvalue weighted by Crippen LogP contribution is -2.49. The fourth-order valence-electron chi connectivity index (χ4n) is 2.75. The van der Waals surface area contributed by atoms with Gasteiger partial charge in [-0.2, -0.15) is 5.10 Å². The Balaban J connectivity index is 1.60. The molecule has 3 rings (SSSR count). The molecule has 2 atom stereocenters. The Kier molecular flexibility index (Phi) is 3.27. The largest absolute Gasteiger partial charge is 0.305 e. The number of piperidine rings is 1. The van der Waals surface area contributed by atoms with Crippen LogP contribution in [0.25, 0.3) is 0 Å². The molecule has 0 saturated carbocycles. The van der Waals surface area contributed by atoms with Gasteiger partial charge < -0.3 is 5.43 Å². The van der Waals surface area contributed by atoms with Crippen LogP contribution < -0.4 is 10.9 Å². The van der Waals surface area contributed by atoms with Crippen LogP contribution in [-0.2, 0) is 4.79 Å². The van der Waals surface area contributed by atoms with Crippen LogP contribution in [0.5, 0.6) is 0 Å². The molecule has 0 spiro atoms. The van der Waals surface area contributed by atoms with E-state index in [1.165, 1.54) is 6.42 Å². The highest BCUT2D eigenvalue weighted by Crippen LogP contribution is 2.19. The first-order valence-electron chi connectivity index (χ1n) is 6.72. The SMILES string of the molecule is O=C(NN1CCCCC1)C1=NNC2CC=NCC12. The Morgan fingerprint density at radius 1 is 1.39 bits per heavy atom. The number of rotatable bonds is 2. The molecule has 6 nitrogen and oxygen atoms in total. The summed E-state index contributed by atoms with van der Waals surface area (Å²) < 4.78 is 0. The predicted octanol–water partition coefficient (Wildman–Crippen LogP) is -0.0780. The number of hydrogen-bond donors (Lipinski definition) is 2. The van der Waals surface area contributed by atoms with Gasteiger partial charge in [0, 0.05) is 32.3 Å². The monoisotopic (exact) mass is 249 g/mol. The van der Waals surface area contributed by atoms with Crippen LogP contribution in [0, 0.1) is 5.92 Å². The van der Waals surface area contributed by atoms with Crippen molar-refractivity contribution in [3.05, 3.63) is 0 Å². The maximum atomic E-state index is 12.2. The highest BCUT2D eigenvalue weighted by molar-refractivity contribution is 6.40. The Hall–Kier alpha value is -1.43. The first kappa shape index (κ1) is 11.6. The van der Waals surface area contributed by atoms with Crippen molar-refractivity contribution in [3.8, 4) is 0 Å². The second kappa shape index (κ2) is 5.06. The van der Waals surface area contributed by atoms with E-state index in [1.807, 2.05) is 11.2 Å². The van der Waals surface area contributed by atoms with Gasteiger partial charge in [-0.05, 0) is 12.8 Å². The molecule has 0 aromatic rings. The van der Waals surface area contributed by atoms with Crippen LogP contribution >= 0.6 is 0 Å². The van der Waals surface area contributed by atoms with E-state index in [0.717, 1.165) is 32.4 Å². The molecule has 2 unspecified atom stereocenters. The highest BCUT2D eigenvalue weighted by Gasteiger charge is 2.36.